The van der Waals surface area contributed by atoms with Crippen LogP contribution in [-0.2, 0) is 12.8 Å². The molecular formula is C19H27NS. The van der Waals surface area contributed by atoms with Gasteiger partial charge in [0, 0.05) is 22.2 Å². The molecule has 0 aliphatic rings. The van der Waals surface area contributed by atoms with E-state index >= 15 is 0 Å². The lowest BCUT2D eigenvalue weighted by Gasteiger charge is -2.21. The molecule has 0 amide bonds. The largest absolute Gasteiger partial charge is 0.310 e. The SMILES string of the molecule is CCCNC(Cc1ccc(CC)s1)c1ccc(C)cc1C. The Morgan fingerprint density at radius 3 is 2.43 bits per heavy atom. The fraction of sp³-hybridized carbons (Fsp3) is 0.474. The molecule has 1 aromatic heterocycles. The van der Waals surface area contributed by atoms with Crippen molar-refractivity contribution >= 4 is 11.3 Å². The van der Waals surface area contributed by atoms with Crippen LogP contribution in [0.25, 0.3) is 0 Å². The number of rotatable bonds is 7. The van der Waals surface area contributed by atoms with Gasteiger partial charge in [0.05, 0.1) is 0 Å². The molecule has 0 saturated heterocycles. The molecule has 0 saturated carbocycles. The second-order valence-electron chi connectivity index (χ2n) is 5.79. The maximum absolute atomic E-state index is 3.73. The number of hydrogen-bond donors (Lipinski definition) is 1. The second-order valence-corrected chi connectivity index (χ2v) is 7.05. The van der Waals surface area contributed by atoms with Crippen LogP contribution in [0.3, 0.4) is 0 Å². The van der Waals surface area contributed by atoms with Crippen LogP contribution in [0.5, 0.6) is 0 Å². The van der Waals surface area contributed by atoms with Crippen LogP contribution in [0.15, 0.2) is 30.3 Å². The highest BCUT2D eigenvalue weighted by Gasteiger charge is 2.15. The molecule has 1 nitrogen and oxygen atoms in total. The number of thiophene rings is 1. The van der Waals surface area contributed by atoms with Gasteiger partial charge in [-0.15, -0.1) is 11.3 Å². The van der Waals surface area contributed by atoms with Gasteiger partial charge >= 0.3 is 0 Å². The maximum atomic E-state index is 3.73. The smallest absolute Gasteiger partial charge is 0.0371 e. The second kappa shape index (κ2) is 7.77. The molecule has 1 unspecified atom stereocenters. The molecule has 114 valence electrons. The number of aryl methyl sites for hydroxylation is 3. The van der Waals surface area contributed by atoms with Crippen molar-refractivity contribution in [1.29, 1.82) is 0 Å². The van der Waals surface area contributed by atoms with Gasteiger partial charge in [0.1, 0.15) is 0 Å². The average molecular weight is 301 g/mol. The normalized spacial score (nSPS) is 12.6. The van der Waals surface area contributed by atoms with Gasteiger partial charge in [-0.2, -0.15) is 0 Å². The summed E-state index contributed by atoms with van der Waals surface area (Å²) in [6.07, 6.45) is 3.40. The highest BCUT2D eigenvalue weighted by molar-refractivity contribution is 7.11. The Kier molecular flexibility index (Phi) is 6.01. The summed E-state index contributed by atoms with van der Waals surface area (Å²) in [5.74, 6) is 0. The Morgan fingerprint density at radius 2 is 1.81 bits per heavy atom. The molecule has 2 heteroatoms. The van der Waals surface area contributed by atoms with E-state index in [2.05, 4.69) is 63.3 Å². The molecular weight excluding hydrogens is 274 g/mol. The summed E-state index contributed by atoms with van der Waals surface area (Å²) >= 11 is 1.96. The van der Waals surface area contributed by atoms with E-state index in [-0.39, 0.29) is 0 Å². The van der Waals surface area contributed by atoms with E-state index < -0.39 is 0 Å². The first kappa shape index (κ1) is 16.3. The zero-order valence-electron chi connectivity index (χ0n) is 13.7. The van der Waals surface area contributed by atoms with Gasteiger partial charge in [-0.25, -0.2) is 0 Å². The van der Waals surface area contributed by atoms with E-state index in [1.54, 1.807) is 0 Å². The molecule has 1 heterocycles. The van der Waals surface area contributed by atoms with Crippen molar-refractivity contribution < 1.29 is 0 Å². The van der Waals surface area contributed by atoms with Crippen LogP contribution >= 0.6 is 11.3 Å². The molecule has 2 aromatic rings. The molecule has 21 heavy (non-hydrogen) atoms. The molecule has 0 bridgehead atoms. The van der Waals surface area contributed by atoms with Crippen LogP contribution in [0.2, 0.25) is 0 Å². The van der Waals surface area contributed by atoms with E-state index in [1.165, 1.54) is 32.9 Å². The minimum absolute atomic E-state index is 0.425. The van der Waals surface area contributed by atoms with E-state index in [9.17, 15) is 0 Å². The average Bonchev–Trinajstić information content (AvgIpc) is 2.91. The summed E-state index contributed by atoms with van der Waals surface area (Å²) in [6, 6.07) is 11.8. The van der Waals surface area contributed by atoms with Gasteiger partial charge in [-0.05, 0) is 56.5 Å². The Hall–Kier alpha value is -1.12. The Labute approximate surface area is 133 Å². The van der Waals surface area contributed by atoms with Crippen LogP contribution in [0.1, 0.15) is 52.8 Å². The van der Waals surface area contributed by atoms with Crippen LogP contribution in [0.4, 0.5) is 0 Å². The molecule has 1 aromatic carbocycles. The van der Waals surface area contributed by atoms with Crippen molar-refractivity contribution in [2.45, 2.75) is 53.0 Å². The van der Waals surface area contributed by atoms with Crippen LogP contribution < -0.4 is 5.32 Å². The third-order valence-electron chi connectivity index (χ3n) is 3.91. The number of hydrogen-bond acceptors (Lipinski definition) is 2. The van der Waals surface area contributed by atoms with Crippen molar-refractivity contribution in [2.75, 3.05) is 6.54 Å². The number of nitrogens with one attached hydrogen (secondary N) is 1. The zero-order chi connectivity index (χ0) is 15.2. The first-order chi connectivity index (χ1) is 10.1. The standard InChI is InChI=1S/C19H27NS/c1-5-11-20-19(13-17-9-8-16(6-2)21-17)18-10-7-14(3)12-15(18)4/h7-10,12,19-20H,5-6,11,13H2,1-4H3. The molecule has 1 N–H and O–H groups in total. The third-order valence-corrected chi connectivity index (χ3v) is 5.16. The summed E-state index contributed by atoms with van der Waals surface area (Å²) in [5, 5.41) is 3.73. The topological polar surface area (TPSA) is 12.0 Å². The molecule has 0 fully saturated rings. The maximum Gasteiger partial charge on any atom is 0.0371 e. The van der Waals surface area contributed by atoms with Gasteiger partial charge in [0.2, 0.25) is 0 Å². The minimum Gasteiger partial charge on any atom is -0.310 e. The van der Waals surface area contributed by atoms with Crippen LogP contribution in [-0.4, -0.2) is 6.54 Å². The highest BCUT2D eigenvalue weighted by Crippen LogP contribution is 2.26. The summed E-state index contributed by atoms with van der Waals surface area (Å²) in [7, 11) is 0. The van der Waals surface area contributed by atoms with E-state index in [0.717, 1.165) is 19.4 Å². The van der Waals surface area contributed by atoms with Gasteiger partial charge in [0.15, 0.2) is 0 Å². The Balaban J connectivity index is 2.20. The summed E-state index contributed by atoms with van der Waals surface area (Å²) in [4.78, 5) is 2.97. The van der Waals surface area contributed by atoms with Gasteiger partial charge in [-0.3, -0.25) is 0 Å². The minimum atomic E-state index is 0.425. The highest BCUT2D eigenvalue weighted by atomic mass is 32.1. The van der Waals surface area contributed by atoms with Crippen molar-refractivity contribution in [3.63, 3.8) is 0 Å². The summed E-state index contributed by atoms with van der Waals surface area (Å²) in [5.41, 5.74) is 4.19. The van der Waals surface area contributed by atoms with Crippen molar-refractivity contribution in [3.8, 4) is 0 Å². The Morgan fingerprint density at radius 1 is 1.05 bits per heavy atom. The zero-order valence-corrected chi connectivity index (χ0v) is 14.5. The first-order valence-corrected chi connectivity index (χ1v) is 8.83. The lowest BCUT2D eigenvalue weighted by atomic mass is 9.96. The van der Waals surface area contributed by atoms with Gasteiger partial charge in [-0.1, -0.05) is 37.6 Å². The molecule has 0 radical (unpaired) electrons. The lowest BCUT2D eigenvalue weighted by molar-refractivity contribution is 0.530. The van der Waals surface area contributed by atoms with Gasteiger partial charge in [0.25, 0.3) is 0 Å². The summed E-state index contributed by atoms with van der Waals surface area (Å²) < 4.78 is 0. The van der Waals surface area contributed by atoms with E-state index in [1.807, 2.05) is 11.3 Å². The molecule has 0 aliphatic heterocycles. The lowest BCUT2D eigenvalue weighted by Crippen LogP contribution is -2.24. The monoisotopic (exact) mass is 301 g/mol. The van der Waals surface area contributed by atoms with Gasteiger partial charge < -0.3 is 5.32 Å². The van der Waals surface area contributed by atoms with Crippen LogP contribution in [0, 0.1) is 13.8 Å². The fourth-order valence-electron chi connectivity index (χ4n) is 2.75. The van der Waals surface area contributed by atoms with Crippen molar-refractivity contribution in [3.05, 3.63) is 56.8 Å². The number of benzene rings is 1. The van der Waals surface area contributed by atoms with Crippen molar-refractivity contribution in [2.24, 2.45) is 0 Å². The predicted octanol–water partition coefficient (Wildman–Crippen LogP) is 5.21. The molecule has 0 aliphatic carbocycles. The first-order valence-electron chi connectivity index (χ1n) is 8.02. The van der Waals surface area contributed by atoms with E-state index in [0.29, 0.717) is 6.04 Å². The van der Waals surface area contributed by atoms with Crippen molar-refractivity contribution in [1.82, 2.24) is 5.32 Å². The summed E-state index contributed by atoms with van der Waals surface area (Å²) in [6.45, 7) is 9.93. The molecule has 2 rings (SSSR count). The molecule has 0 spiro atoms. The third kappa shape index (κ3) is 4.42. The quantitative estimate of drug-likeness (QED) is 0.740. The fourth-order valence-corrected chi connectivity index (χ4v) is 3.75. The Bertz CT molecular complexity index is 571. The van der Waals surface area contributed by atoms with E-state index in [4.69, 9.17) is 0 Å². The predicted molar refractivity (Wildman–Crippen MR) is 94.4 cm³/mol. The molecule has 1 atom stereocenters.